The number of fused-ring (bicyclic) bond motifs is 1. The Kier molecular flexibility index (Phi) is 6.47. The van der Waals surface area contributed by atoms with Crippen LogP contribution in [0.1, 0.15) is 18.1 Å². The van der Waals surface area contributed by atoms with E-state index in [-0.39, 0.29) is 24.1 Å². The minimum atomic E-state index is -0.437. The van der Waals surface area contributed by atoms with Crippen LogP contribution in [-0.4, -0.2) is 21.4 Å². The first-order chi connectivity index (χ1) is 16.2. The number of carbonyl (C=O) groups excluding carboxylic acids is 2. The number of carbonyl (C=O) groups is 2. The highest BCUT2D eigenvalue weighted by Gasteiger charge is 2.18. The summed E-state index contributed by atoms with van der Waals surface area (Å²) in [5, 5.41) is 6.09. The van der Waals surface area contributed by atoms with Gasteiger partial charge in [-0.1, -0.05) is 41.4 Å². The molecule has 0 aliphatic carbocycles. The van der Waals surface area contributed by atoms with Gasteiger partial charge in [0.1, 0.15) is 12.2 Å². The lowest BCUT2D eigenvalue weighted by atomic mass is 10.1. The van der Waals surface area contributed by atoms with E-state index >= 15 is 0 Å². The molecule has 8 heteroatoms. The summed E-state index contributed by atoms with van der Waals surface area (Å²) < 4.78 is 1.39. The monoisotopic (exact) mass is 474 g/mol. The number of aryl methyl sites for hydroxylation is 2. The summed E-state index contributed by atoms with van der Waals surface area (Å²) in [5.41, 5.74) is 4.10. The van der Waals surface area contributed by atoms with Gasteiger partial charge in [0.15, 0.2) is 0 Å². The van der Waals surface area contributed by atoms with Gasteiger partial charge >= 0.3 is 0 Å². The fraction of sp³-hybridized carbons (Fsp3) is 0.154. The van der Waals surface area contributed by atoms with Crippen molar-refractivity contribution in [2.24, 2.45) is 0 Å². The van der Waals surface area contributed by atoms with Gasteiger partial charge in [0.05, 0.1) is 16.7 Å². The summed E-state index contributed by atoms with van der Waals surface area (Å²) in [7, 11) is 0. The summed E-state index contributed by atoms with van der Waals surface area (Å²) in [6, 6.07) is 17.7. The van der Waals surface area contributed by atoms with Crippen molar-refractivity contribution in [2.45, 2.75) is 27.3 Å². The molecular formula is C26H23ClN4O3. The maximum atomic E-state index is 13.6. The van der Waals surface area contributed by atoms with Crippen LogP contribution in [0, 0.1) is 13.8 Å². The molecule has 34 heavy (non-hydrogen) atoms. The molecule has 0 fully saturated rings. The molecule has 4 rings (SSSR count). The molecule has 0 radical (unpaired) electrons. The van der Waals surface area contributed by atoms with Crippen LogP contribution in [-0.2, 0) is 16.1 Å². The number of hydrogen-bond donors (Lipinski definition) is 2. The lowest BCUT2D eigenvalue weighted by Crippen LogP contribution is -2.30. The summed E-state index contributed by atoms with van der Waals surface area (Å²) >= 11 is 6.17. The lowest BCUT2D eigenvalue weighted by Gasteiger charge is -2.15. The Balaban J connectivity index is 1.81. The quantitative estimate of drug-likeness (QED) is 0.429. The van der Waals surface area contributed by atoms with E-state index in [1.807, 2.05) is 32.0 Å². The number of rotatable bonds is 5. The number of halogens is 1. The zero-order valence-corrected chi connectivity index (χ0v) is 19.7. The van der Waals surface area contributed by atoms with Gasteiger partial charge in [0, 0.05) is 23.2 Å². The van der Waals surface area contributed by atoms with E-state index < -0.39 is 5.56 Å². The molecule has 3 aromatic carbocycles. The largest absolute Gasteiger partial charge is 0.326 e. The van der Waals surface area contributed by atoms with Crippen LogP contribution in [0.3, 0.4) is 0 Å². The smallest absolute Gasteiger partial charge is 0.278 e. The average molecular weight is 475 g/mol. The average Bonchev–Trinajstić information content (AvgIpc) is 2.79. The second-order valence-corrected chi connectivity index (χ2v) is 8.49. The van der Waals surface area contributed by atoms with Crippen LogP contribution in [0.2, 0.25) is 5.02 Å². The predicted molar refractivity (Wildman–Crippen MR) is 135 cm³/mol. The van der Waals surface area contributed by atoms with Gasteiger partial charge in [-0.3, -0.25) is 19.0 Å². The molecule has 1 aromatic heterocycles. The fourth-order valence-corrected chi connectivity index (χ4v) is 3.87. The number of amides is 2. The molecular weight excluding hydrogens is 452 g/mol. The van der Waals surface area contributed by atoms with Crippen molar-refractivity contribution in [3.63, 3.8) is 0 Å². The third kappa shape index (κ3) is 4.84. The maximum Gasteiger partial charge on any atom is 0.278 e. The van der Waals surface area contributed by atoms with E-state index in [9.17, 15) is 14.4 Å². The molecule has 0 saturated heterocycles. The molecule has 7 nitrogen and oxygen atoms in total. The zero-order chi connectivity index (χ0) is 24.4. The van der Waals surface area contributed by atoms with Crippen LogP contribution in [0.25, 0.3) is 22.3 Å². The van der Waals surface area contributed by atoms with E-state index in [1.54, 1.807) is 42.5 Å². The fourth-order valence-electron chi connectivity index (χ4n) is 3.69. The van der Waals surface area contributed by atoms with Gasteiger partial charge in [0.25, 0.3) is 5.56 Å². The molecule has 1 heterocycles. The minimum Gasteiger partial charge on any atom is -0.326 e. The Morgan fingerprint density at radius 1 is 1.00 bits per heavy atom. The SMILES string of the molecule is CC(=O)Nc1ccc(C)cc1-c1nc2ccccc2n(CC(=O)Nc2ccc(C)c(Cl)c2)c1=O. The molecule has 0 spiro atoms. The van der Waals surface area contributed by atoms with Crippen molar-refractivity contribution in [1.29, 1.82) is 0 Å². The molecule has 2 N–H and O–H groups in total. The van der Waals surface area contributed by atoms with Crippen molar-refractivity contribution in [3.8, 4) is 11.3 Å². The third-order valence-corrected chi connectivity index (χ3v) is 5.76. The van der Waals surface area contributed by atoms with E-state index in [0.29, 0.717) is 33.0 Å². The number of anilines is 2. The highest BCUT2D eigenvalue weighted by Crippen LogP contribution is 2.27. The molecule has 0 bridgehead atoms. The highest BCUT2D eigenvalue weighted by atomic mass is 35.5. The van der Waals surface area contributed by atoms with Crippen molar-refractivity contribution in [3.05, 3.63) is 87.2 Å². The Morgan fingerprint density at radius 2 is 1.76 bits per heavy atom. The lowest BCUT2D eigenvalue weighted by molar-refractivity contribution is -0.117. The highest BCUT2D eigenvalue weighted by molar-refractivity contribution is 6.31. The summed E-state index contributed by atoms with van der Waals surface area (Å²) in [6.45, 7) is 4.94. The van der Waals surface area contributed by atoms with Crippen molar-refractivity contribution in [1.82, 2.24) is 9.55 Å². The Bertz CT molecular complexity index is 1490. The number of aromatic nitrogens is 2. The van der Waals surface area contributed by atoms with E-state index in [2.05, 4.69) is 15.6 Å². The van der Waals surface area contributed by atoms with Crippen LogP contribution < -0.4 is 16.2 Å². The summed E-state index contributed by atoms with van der Waals surface area (Å²) in [4.78, 5) is 42.8. The topological polar surface area (TPSA) is 93.1 Å². The van der Waals surface area contributed by atoms with E-state index in [0.717, 1.165) is 11.1 Å². The normalized spacial score (nSPS) is 10.8. The summed E-state index contributed by atoms with van der Waals surface area (Å²) in [5.74, 6) is -0.641. The molecule has 0 atom stereocenters. The van der Waals surface area contributed by atoms with Gasteiger partial charge in [-0.05, 0) is 55.8 Å². The molecule has 0 aliphatic rings. The Labute approximate surface area is 201 Å². The number of para-hydroxylation sites is 2. The second-order valence-electron chi connectivity index (χ2n) is 8.08. The number of nitrogens with one attached hydrogen (secondary N) is 2. The maximum absolute atomic E-state index is 13.6. The van der Waals surface area contributed by atoms with Crippen LogP contribution >= 0.6 is 11.6 Å². The van der Waals surface area contributed by atoms with Gasteiger partial charge in [-0.25, -0.2) is 4.98 Å². The third-order valence-electron chi connectivity index (χ3n) is 5.35. The molecule has 0 unspecified atom stereocenters. The van der Waals surface area contributed by atoms with Crippen molar-refractivity contribution >= 4 is 45.8 Å². The second kappa shape index (κ2) is 9.49. The minimum absolute atomic E-state index is 0.150. The first kappa shape index (κ1) is 23.2. The molecule has 0 aliphatic heterocycles. The van der Waals surface area contributed by atoms with Gasteiger partial charge < -0.3 is 10.6 Å². The standard InChI is InChI=1S/C26H23ClN4O3/c1-15-8-11-21(28-17(3)32)19(12-15)25-26(34)31(23-7-5-4-6-22(23)30-25)14-24(33)29-18-10-9-16(2)20(27)13-18/h4-13H,14H2,1-3H3,(H,28,32)(H,29,33). The van der Waals surface area contributed by atoms with Crippen LogP contribution in [0.4, 0.5) is 11.4 Å². The molecule has 2 amide bonds. The first-order valence-corrected chi connectivity index (χ1v) is 11.0. The number of hydrogen-bond acceptors (Lipinski definition) is 4. The molecule has 4 aromatic rings. The van der Waals surface area contributed by atoms with E-state index in [4.69, 9.17) is 11.6 Å². The van der Waals surface area contributed by atoms with Crippen LogP contribution in [0.15, 0.2) is 65.5 Å². The van der Waals surface area contributed by atoms with Crippen LogP contribution in [0.5, 0.6) is 0 Å². The van der Waals surface area contributed by atoms with Crippen molar-refractivity contribution in [2.75, 3.05) is 10.6 Å². The van der Waals surface area contributed by atoms with E-state index in [1.165, 1.54) is 11.5 Å². The Morgan fingerprint density at radius 3 is 2.50 bits per heavy atom. The van der Waals surface area contributed by atoms with Crippen molar-refractivity contribution < 1.29 is 9.59 Å². The molecule has 0 saturated carbocycles. The predicted octanol–water partition coefficient (Wildman–Crippen LogP) is 4.93. The summed E-state index contributed by atoms with van der Waals surface area (Å²) in [6.07, 6.45) is 0. The van der Waals surface area contributed by atoms with Gasteiger partial charge in [-0.2, -0.15) is 0 Å². The number of benzene rings is 3. The van der Waals surface area contributed by atoms with Gasteiger partial charge in [0.2, 0.25) is 11.8 Å². The zero-order valence-electron chi connectivity index (χ0n) is 19.0. The number of nitrogens with zero attached hydrogens (tertiary/aromatic N) is 2. The Hall–Kier alpha value is -3.97. The first-order valence-electron chi connectivity index (χ1n) is 10.7. The van der Waals surface area contributed by atoms with Gasteiger partial charge in [-0.15, -0.1) is 0 Å². The molecule has 172 valence electrons.